The Labute approximate surface area is 119 Å². The maximum atomic E-state index is 12.2. The average molecular weight is 293 g/mol. The number of anilines is 1. The SMILES string of the molecule is Cc1ccc(S(=O)(=O)Nc2cc(C(C)(C)C)[nH]n2)cc1. The van der Waals surface area contributed by atoms with Gasteiger partial charge >= 0.3 is 0 Å². The van der Waals surface area contributed by atoms with Crippen molar-refractivity contribution in [3.63, 3.8) is 0 Å². The van der Waals surface area contributed by atoms with E-state index < -0.39 is 10.0 Å². The third-order valence-electron chi connectivity index (χ3n) is 2.96. The van der Waals surface area contributed by atoms with Gasteiger partial charge in [0.2, 0.25) is 0 Å². The zero-order chi connectivity index (χ0) is 15.0. The summed E-state index contributed by atoms with van der Waals surface area (Å²) >= 11 is 0. The van der Waals surface area contributed by atoms with Crippen LogP contribution in [-0.4, -0.2) is 18.6 Å². The Morgan fingerprint density at radius 2 is 1.75 bits per heavy atom. The molecular weight excluding hydrogens is 274 g/mol. The van der Waals surface area contributed by atoms with Gasteiger partial charge in [-0.25, -0.2) is 8.42 Å². The highest BCUT2D eigenvalue weighted by Gasteiger charge is 2.20. The van der Waals surface area contributed by atoms with Gasteiger partial charge in [-0.15, -0.1) is 0 Å². The number of nitrogens with one attached hydrogen (secondary N) is 2. The number of aromatic amines is 1. The lowest BCUT2D eigenvalue weighted by atomic mass is 9.92. The predicted octanol–water partition coefficient (Wildman–Crippen LogP) is 2.82. The summed E-state index contributed by atoms with van der Waals surface area (Å²) in [6.45, 7) is 7.99. The summed E-state index contributed by atoms with van der Waals surface area (Å²) in [5.74, 6) is 0.301. The lowest BCUT2D eigenvalue weighted by Gasteiger charge is -2.14. The Kier molecular flexibility index (Phi) is 3.60. The van der Waals surface area contributed by atoms with Crippen LogP contribution < -0.4 is 4.72 Å². The second-order valence-corrected chi connectivity index (χ2v) is 7.52. The molecular formula is C14H19N3O2S. The molecule has 0 radical (unpaired) electrons. The maximum Gasteiger partial charge on any atom is 0.263 e. The predicted molar refractivity (Wildman–Crippen MR) is 79.3 cm³/mol. The average Bonchev–Trinajstić information content (AvgIpc) is 2.77. The Morgan fingerprint density at radius 1 is 1.15 bits per heavy atom. The Bertz CT molecular complexity index is 695. The highest BCUT2D eigenvalue weighted by molar-refractivity contribution is 7.92. The fourth-order valence-electron chi connectivity index (χ4n) is 1.67. The normalized spacial score (nSPS) is 12.4. The van der Waals surface area contributed by atoms with Crippen LogP contribution in [-0.2, 0) is 15.4 Å². The molecule has 1 aromatic carbocycles. The fourth-order valence-corrected chi connectivity index (χ4v) is 2.66. The first-order valence-electron chi connectivity index (χ1n) is 6.34. The van der Waals surface area contributed by atoms with E-state index in [2.05, 4.69) is 14.9 Å². The minimum atomic E-state index is -3.59. The molecule has 0 aliphatic heterocycles. The first-order chi connectivity index (χ1) is 9.18. The van der Waals surface area contributed by atoms with Crippen LogP contribution in [0, 0.1) is 6.92 Å². The van der Waals surface area contributed by atoms with Gasteiger partial charge in [-0.2, -0.15) is 5.10 Å². The van der Waals surface area contributed by atoms with Crippen LogP contribution in [0.15, 0.2) is 35.2 Å². The molecule has 20 heavy (non-hydrogen) atoms. The molecule has 2 aromatic rings. The molecule has 2 rings (SSSR count). The zero-order valence-electron chi connectivity index (χ0n) is 12.1. The summed E-state index contributed by atoms with van der Waals surface area (Å²) in [4.78, 5) is 0.225. The zero-order valence-corrected chi connectivity index (χ0v) is 12.9. The standard InChI is InChI=1S/C14H19N3O2S/c1-10-5-7-11(8-6-10)20(18,19)17-13-9-12(15-16-13)14(2,3)4/h5-9H,1-4H3,(H2,15,16,17). The molecule has 0 saturated heterocycles. The number of rotatable bonds is 3. The molecule has 0 unspecified atom stereocenters. The van der Waals surface area contributed by atoms with E-state index in [0.717, 1.165) is 11.3 Å². The largest absolute Gasteiger partial charge is 0.280 e. The molecule has 0 saturated carbocycles. The molecule has 0 atom stereocenters. The molecule has 0 amide bonds. The Hall–Kier alpha value is -1.82. The van der Waals surface area contributed by atoms with Gasteiger partial charge in [0.1, 0.15) is 0 Å². The monoisotopic (exact) mass is 293 g/mol. The fraction of sp³-hybridized carbons (Fsp3) is 0.357. The van der Waals surface area contributed by atoms with E-state index in [1.165, 1.54) is 0 Å². The summed E-state index contributed by atoms with van der Waals surface area (Å²) in [5.41, 5.74) is 1.78. The molecule has 0 bridgehead atoms. The summed E-state index contributed by atoms with van der Waals surface area (Å²) < 4.78 is 26.9. The van der Waals surface area contributed by atoms with Gasteiger partial charge < -0.3 is 0 Å². The molecule has 2 N–H and O–H groups in total. The molecule has 1 aromatic heterocycles. The Balaban J connectivity index is 2.25. The van der Waals surface area contributed by atoms with Gasteiger partial charge in [0, 0.05) is 17.2 Å². The third kappa shape index (κ3) is 3.19. The molecule has 1 heterocycles. The van der Waals surface area contributed by atoms with E-state index in [4.69, 9.17) is 0 Å². The number of H-pyrrole nitrogens is 1. The van der Waals surface area contributed by atoms with Crippen molar-refractivity contribution in [1.82, 2.24) is 10.2 Å². The topological polar surface area (TPSA) is 74.8 Å². The molecule has 0 aliphatic rings. The molecule has 6 heteroatoms. The molecule has 0 spiro atoms. The van der Waals surface area contributed by atoms with Crippen molar-refractivity contribution in [2.24, 2.45) is 0 Å². The van der Waals surface area contributed by atoms with E-state index in [1.54, 1.807) is 30.3 Å². The van der Waals surface area contributed by atoms with Crippen molar-refractivity contribution in [2.45, 2.75) is 38.0 Å². The van der Waals surface area contributed by atoms with E-state index in [-0.39, 0.29) is 10.3 Å². The van der Waals surface area contributed by atoms with Gasteiger partial charge in [0.25, 0.3) is 10.0 Å². The van der Waals surface area contributed by atoms with Crippen molar-refractivity contribution in [2.75, 3.05) is 4.72 Å². The van der Waals surface area contributed by atoms with Gasteiger partial charge in [-0.05, 0) is 19.1 Å². The number of hydrogen-bond donors (Lipinski definition) is 2. The van der Waals surface area contributed by atoms with Crippen molar-refractivity contribution >= 4 is 15.8 Å². The van der Waals surface area contributed by atoms with Gasteiger partial charge in [-0.1, -0.05) is 38.5 Å². The second kappa shape index (κ2) is 4.94. The van der Waals surface area contributed by atoms with E-state index in [1.807, 2.05) is 27.7 Å². The lowest BCUT2D eigenvalue weighted by molar-refractivity contribution is 0.567. The molecule has 5 nitrogen and oxygen atoms in total. The number of hydrogen-bond acceptors (Lipinski definition) is 3. The van der Waals surface area contributed by atoms with Crippen molar-refractivity contribution < 1.29 is 8.42 Å². The summed E-state index contributed by atoms with van der Waals surface area (Å²) in [6, 6.07) is 8.40. The van der Waals surface area contributed by atoms with Gasteiger partial charge in [0.15, 0.2) is 5.82 Å². The van der Waals surface area contributed by atoms with Crippen molar-refractivity contribution in [1.29, 1.82) is 0 Å². The highest BCUT2D eigenvalue weighted by atomic mass is 32.2. The number of nitrogens with zero attached hydrogens (tertiary/aromatic N) is 1. The van der Waals surface area contributed by atoms with Crippen LogP contribution in [0.4, 0.5) is 5.82 Å². The number of aryl methyl sites for hydroxylation is 1. The van der Waals surface area contributed by atoms with Gasteiger partial charge in [0.05, 0.1) is 4.90 Å². The molecule has 0 aliphatic carbocycles. The minimum absolute atomic E-state index is 0.111. The summed E-state index contributed by atoms with van der Waals surface area (Å²) in [5, 5.41) is 6.85. The summed E-state index contributed by atoms with van der Waals surface area (Å²) in [7, 11) is -3.59. The van der Waals surface area contributed by atoms with Crippen LogP contribution in [0.25, 0.3) is 0 Å². The van der Waals surface area contributed by atoms with E-state index >= 15 is 0 Å². The van der Waals surface area contributed by atoms with Crippen LogP contribution in [0.1, 0.15) is 32.0 Å². The Morgan fingerprint density at radius 3 is 2.25 bits per heavy atom. The van der Waals surface area contributed by atoms with Crippen molar-refractivity contribution in [3.8, 4) is 0 Å². The number of sulfonamides is 1. The first-order valence-corrected chi connectivity index (χ1v) is 7.82. The minimum Gasteiger partial charge on any atom is -0.280 e. The van der Waals surface area contributed by atoms with E-state index in [9.17, 15) is 8.42 Å². The summed E-state index contributed by atoms with van der Waals surface area (Å²) in [6.07, 6.45) is 0. The molecule has 0 fully saturated rings. The third-order valence-corrected chi connectivity index (χ3v) is 4.33. The highest BCUT2D eigenvalue weighted by Crippen LogP contribution is 2.23. The smallest absolute Gasteiger partial charge is 0.263 e. The quantitative estimate of drug-likeness (QED) is 0.913. The van der Waals surface area contributed by atoms with Gasteiger partial charge in [-0.3, -0.25) is 9.82 Å². The van der Waals surface area contributed by atoms with Crippen LogP contribution in [0.5, 0.6) is 0 Å². The van der Waals surface area contributed by atoms with Crippen LogP contribution in [0.3, 0.4) is 0 Å². The lowest BCUT2D eigenvalue weighted by Crippen LogP contribution is -2.13. The number of benzene rings is 1. The van der Waals surface area contributed by atoms with Crippen LogP contribution >= 0.6 is 0 Å². The van der Waals surface area contributed by atoms with Crippen LogP contribution in [0.2, 0.25) is 0 Å². The first kappa shape index (κ1) is 14.6. The van der Waals surface area contributed by atoms with E-state index in [0.29, 0.717) is 5.82 Å². The molecule has 108 valence electrons. The number of aromatic nitrogens is 2. The van der Waals surface area contributed by atoms with Crippen molar-refractivity contribution in [3.05, 3.63) is 41.6 Å². The maximum absolute atomic E-state index is 12.2. The second-order valence-electron chi connectivity index (χ2n) is 5.84.